The van der Waals surface area contributed by atoms with E-state index < -0.39 is 0 Å². The van der Waals surface area contributed by atoms with Crippen LogP contribution in [0.4, 0.5) is 0 Å². The number of rotatable bonds is 2. The number of aromatic nitrogens is 4. The van der Waals surface area contributed by atoms with Gasteiger partial charge in [0.2, 0.25) is 0 Å². The van der Waals surface area contributed by atoms with Crippen molar-refractivity contribution in [2.75, 3.05) is 0 Å². The Labute approximate surface area is 122 Å². The predicted molar refractivity (Wildman–Crippen MR) is 81.8 cm³/mol. The molecule has 0 saturated heterocycles. The maximum absolute atomic E-state index is 4.46. The second kappa shape index (κ2) is 4.73. The average molecular weight is 296 g/mol. The predicted octanol–water partition coefficient (Wildman–Crippen LogP) is 3.88. The van der Waals surface area contributed by atoms with Crippen LogP contribution in [0.3, 0.4) is 0 Å². The third-order valence-electron chi connectivity index (χ3n) is 2.89. The Balaban J connectivity index is 1.77. The lowest BCUT2D eigenvalue weighted by molar-refractivity contribution is 1.09. The number of hydrogen-bond donors (Lipinski definition) is 0. The fourth-order valence-corrected chi connectivity index (χ4v) is 3.50. The summed E-state index contributed by atoms with van der Waals surface area (Å²) in [4.78, 5) is 8.56. The first-order valence-corrected chi connectivity index (χ1v) is 7.67. The number of fused-ring (bicyclic) bond motifs is 1. The zero-order valence-electron chi connectivity index (χ0n) is 10.2. The normalized spacial score (nSPS) is 11.0. The van der Waals surface area contributed by atoms with E-state index in [1.165, 1.54) is 16.0 Å². The van der Waals surface area contributed by atoms with Crippen LogP contribution >= 0.6 is 22.7 Å². The van der Waals surface area contributed by atoms with Gasteiger partial charge in [-0.3, -0.25) is 9.97 Å². The van der Waals surface area contributed by atoms with Crippen molar-refractivity contribution >= 4 is 32.8 Å². The van der Waals surface area contributed by atoms with Gasteiger partial charge in [-0.15, -0.1) is 21.5 Å². The van der Waals surface area contributed by atoms with Gasteiger partial charge in [-0.25, -0.2) is 0 Å². The highest BCUT2D eigenvalue weighted by atomic mass is 32.1. The number of hydrogen-bond acceptors (Lipinski definition) is 6. The van der Waals surface area contributed by atoms with E-state index in [9.17, 15) is 0 Å². The molecule has 0 N–H and O–H groups in total. The standard InChI is InChI=1S/C14H8N4S2/c1-2-10(7-15-4-1)13-17-18-14(20-13)11-6-12-9(8-16-11)3-5-19-12/h1-8H. The van der Waals surface area contributed by atoms with E-state index in [1.807, 2.05) is 18.3 Å². The molecule has 0 spiro atoms. The van der Waals surface area contributed by atoms with Gasteiger partial charge in [0.05, 0.1) is 0 Å². The molecule has 4 aromatic rings. The summed E-state index contributed by atoms with van der Waals surface area (Å²) in [5.74, 6) is 0. The summed E-state index contributed by atoms with van der Waals surface area (Å²) < 4.78 is 1.22. The van der Waals surface area contributed by atoms with Crippen molar-refractivity contribution in [1.82, 2.24) is 20.2 Å². The van der Waals surface area contributed by atoms with E-state index in [0.717, 1.165) is 26.7 Å². The largest absolute Gasteiger partial charge is 0.264 e. The van der Waals surface area contributed by atoms with Crippen molar-refractivity contribution in [1.29, 1.82) is 0 Å². The molecule has 4 aromatic heterocycles. The lowest BCUT2D eigenvalue weighted by Crippen LogP contribution is -1.81. The Bertz CT molecular complexity index is 867. The maximum Gasteiger partial charge on any atom is 0.166 e. The third-order valence-corrected chi connectivity index (χ3v) is 4.76. The summed E-state index contributed by atoms with van der Waals surface area (Å²) in [6.45, 7) is 0. The molecule has 0 aliphatic rings. The quantitative estimate of drug-likeness (QED) is 0.563. The van der Waals surface area contributed by atoms with Crippen LogP contribution in [0.25, 0.3) is 31.4 Å². The molecule has 0 atom stereocenters. The fraction of sp³-hybridized carbons (Fsp3) is 0. The van der Waals surface area contributed by atoms with Gasteiger partial charge < -0.3 is 0 Å². The summed E-state index contributed by atoms with van der Waals surface area (Å²) >= 11 is 3.24. The molecule has 20 heavy (non-hydrogen) atoms. The van der Waals surface area contributed by atoms with Gasteiger partial charge in [-0.1, -0.05) is 11.3 Å². The van der Waals surface area contributed by atoms with Gasteiger partial charge in [0.1, 0.15) is 10.7 Å². The van der Waals surface area contributed by atoms with E-state index in [4.69, 9.17) is 0 Å². The topological polar surface area (TPSA) is 51.6 Å². The summed E-state index contributed by atoms with van der Waals surface area (Å²) in [5.41, 5.74) is 1.85. The highest BCUT2D eigenvalue weighted by Crippen LogP contribution is 2.30. The molecule has 0 unspecified atom stereocenters. The van der Waals surface area contributed by atoms with E-state index in [-0.39, 0.29) is 0 Å². The van der Waals surface area contributed by atoms with Gasteiger partial charge >= 0.3 is 0 Å². The maximum atomic E-state index is 4.46. The molecule has 0 fully saturated rings. The molecule has 4 nitrogen and oxygen atoms in total. The summed E-state index contributed by atoms with van der Waals surface area (Å²) in [5, 5.41) is 13.4. The minimum absolute atomic E-state index is 0.833. The van der Waals surface area contributed by atoms with Crippen molar-refractivity contribution in [3.63, 3.8) is 0 Å². The average Bonchev–Trinajstić information content (AvgIpc) is 3.16. The molecule has 0 bridgehead atoms. The number of nitrogens with zero attached hydrogens (tertiary/aromatic N) is 4. The lowest BCUT2D eigenvalue weighted by Gasteiger charge is -1.94. The van der Waals surface area contributed by atoms with Gasteiger partial charge in [-0.05, 0) is 29.6 Å². The highest BCUT2D eigenvalue weighted by Gasteiger charge is 2.10. The Morgan fingerprint density at radius 1 is 1.00 bits per heavy atom. The first kappa shape index (κ1) is 11.6. The molecule has 0 aliphatic heterocycles. The molecule has 4 heterocycles. The second-order valence-electron chi connectivity index (χ2n) is 4.18. The zero-order chi connectivity index (χ0) is 13.4. The van der Waals surface area contributed by atoms with E-state index in [2.05, 4.69) is 37.7 Å². The lowest BCUT2D eigenvalue weighted by atomic mass is 10.3. The summed E-state index contributed by atoms with van der Waals surface area (Å²) in [7, 11) is 0. The molecule has 0 radical (unpaired) electrons. The van der Waals surface area contributed by atoms with Gasteiger partial charge in [0, 0.05) is 34.2 Å². The fourth-order valence-electron chi connectivity index (χ4n) is 1.90. The van der Waals surface area contributed by atoms with Crippen molar-refractivity contribution in [2.24, 2.45) is 0 Å². The van der Waals surface area contributed by atoms with Crippen LogP contribution in [0.5, 0.6) is 0 Å². The Morgan fingerprint density at radius 3 is 2.85 bits per heavy atom. The molecule has 0 aliphatic carbocycles. The Kier molecular flexibility index (Phi) is 2.75. The van der Waals surface area contributed by atoms with Crippen molar-refractivity contribution in [2.45, 2.75) is 0 Å². The minimum Gasteiger partial charge on any atom is -0.264 e. The molecule has 6 heteroatoms. The second-order valence-corrected chi connectivity index (χ2v) is 6.11. The summed E-state index contributed by atoms with van der Waals surface area (Å²) in [6, 6.07) is 8.00. The first-order chi connectivity index (χ1) is 9.90. The van der Waals surface area contributed by atoms with Gasteiger partial charge in [0.15, 0.2) is 5.01 Å². The van der Waals surface area contributed by atoms with Crippen LogP contribution in [0.2, 0.25) is 0 Å². The smallest absolute Gasteiger partial charge is 0.166 e. The first-order valence-electron chi connectivity index (χ1n) is 5.98. The number of pyridine rings is 2. The SMILES string of the molecule is c1cncc(-c2nnc(-c3cc4sccc4cn3)s2)c1. The van der Waals surface area contributed by atoms with E-state index >= 15 is 0 Å². The van der Waals surface area contributed by atoms with Gasteiger partial charge in [0.25, 0.3) is 0 Å². The third kappa shape index (κ3) is 1.99. The monoisotopic (exact) mass is 296 g/mol. The Hall–Kier alpha value is -2.18. The minimum atomic E-state index is 0.833. The molecular formula is C14H8N4S2. The molecule has 4 rings (SSSR count). The van der Waals surface area contributed by atoms with Gasteiger partial charge in [-0.2, -0.15) is 0 Å². The van der Waals surface area contributed by atoms with Crippen LogP contribution in [-0.4, -0.2) is 20.2 Å². The van der Waals surface area contributed by atoms with Crippen LogP contribution in [0.1, 0.15) is 0 Å². The van der Waals surface area contributed by atoms with E-state index in [1.54, 1.807) is 23.7 Å². The van der Waals surface area contributed by atoms with Crippen LogP contribution in [-0.2, 0) is 0 Å². The van der Waals surface area contributed by atoms with Crippen LogP contribution in [0, 0.1) is 0 Å². The Morgan fingerprint density at radius 2 is 1.95 bits per heavy atom. The molecule has 0 aromatic carbocycles. The molecule has 96 valence electrons. The highest BCUT2D eigenvalue weighted by molar-refractivity contribution is 7.18. The zero-order valence-corrected chi connectivity index (χ0v) is 11.9. The summed E-state index contributed by atoms with van der Waals surface area (Å²) in [6.07, 6.45) is 5.42. The molecular weight excluding hydrogens is 288 g/mol. The molecule has 0 amide bonds. The van der Waals surface area contributed by atoms with Crippen LogP contribution < -0.4 is 0 Å². The van der Waals surface area contributed by atoms with E-state index in [0.29, 0.717) is 0 Å². The van der Waals surface area contributed by atoms with Crippen molar-refractivity contribution in [3.05, 3.63) is 48.2 Å². The number of thiophene rings is 1. The van der Waals surface area contributed by atoms with Crippen LogP contribution in [0.15, 0.2) is 48.2 Å². The van der Waals surface area contributed by atoms with Crippen molar-refractivity contribution in [3.8, 4) is 21.3 Å². The van der Waals surface area contributed by atoms with Crippen molar-refractivity contribution < 1.29 is 0 Å². The molecule has 0 saturated carbocycles.